The van der Waals surface area contributed by atoms with Crippen molar-refractivity contribution >= 4 is 0 Å². The molecule has 1 aliphatic rings. The summed E-state index contributed by atoms with van der Waals surface area (Å²) in [5, 5.41) is 0. The smallest absolute Gasteiger partial charge is 0.0145 e. The fraction of sp³-hybridized carbons (Fsp3) is 0.500. The Morgan fingerprint density at radius 2 is 2.24 bits per heavy atom. The molecule has 1 nitrogen and oxygen atoms in total. The van der Waals surface area contributed by atoms with Crippen molar-refractivity contribution in [1.82, 2.24) is 0 Å². The van der Waals surface area contributed by atoms with Gasteiger partial charge in [0.15, 0.2) is 0 Å². The highest BCUT2D eigenvalue weighted by Gasteiger charge is 2.25. The molecule has 0 aromatic heterocycles. The number of hydrogen-bond donors (Lipinski definition) is 1. The molecule has 0 heterocycles. The summed E-state index contributed by atoms with van der Waals surface area (Å²) in [5.74, 6) is 0.531. The van der Waals surface area contributed by atoms with Crippen molar-refractivity contribution in [1.29, 1.82) is 0 Å². The lowest BCUT2D eigenvalue weighted by atomic mass is 9.77. The molecule has 0 saturated heterocycles. The van der Waals surface area contributed by atoms with Gasteiger partial charge in [0.2, 0.25) is 0 Å². The van der Waals surface area contributed by atoms with Gasteiger partial charge in [-0.2, -0.15) is 0 Å². The highest BCUT2D eigenvalue weighted by atomic mass is 14.7. The third-order valence-electron chi connectivity index (χ3n) is 3.96. The van der Waals surface area contributed by atoms with E-state index in [1.54, 1.807) is 0 Å². The molecule has 0 spiro atoms. The van der Waals surface area contributed by atoms with Gasteiger partial charge in [-0.3, -0.25) is 0 Å². The van der Waals surface area contributed by atoms with E-state index in [9.17, 15) is 0 Å². The number of rotatable bonds is 4. The third-order valence-corrected chi connectivity index (χ3v) is 3.96. The number of hydrogen-bond acceptors (Lipinski definition) is 1. The zero-order chi connectivity index (χ0) is 12.3. The van der Waals surface area contributed by atoms with Crippen LogP contribution in [0.25, 0.3) is 0 Å². The first-order chi connectivity index (χ1) is 8.22. The minimum atomic E-state index is 0.240. The van der Waals surface area contributed by atoms with Crippen LogP contribution in [0.4, 0.5) is 0 Å². The van der Waals surface area contributed by atoms with E-state index in [0.29, 0.717) is 5.92 Å². The van der Waals surface area contributed by atoms with E-state index in [2.05, 4.69) is 37.8 Å². The monoisotopic (exact) mass is 229 g/mol. The van der Waals surface area contributed by atoms with Gasteiger partial charge in [0.25, 0.3) is 0 Å². The van der Waals surface area contributed by atoms with Crippen molar-refractivity contribution in [2.75, 3.05) is 0 Å². The van der Waals surface area contributed by atoms with Crippen molar-refractivity contribution < 1.29 is 0 Å². The van der Waals surface area contributed by atoms with Crippen LogP contribution in [0.1, 0.15) is 49.7 Å². The van der Waals surface area contributed by atoms with Gasteiger partial charge >= 0.3 is 0 Å². The van der Waals surface area contributed by atoms with Gasteiger partial charge in [-0.05, 0) is 49.1 Å². The quantitative estimate of drug-likeness (QED) is 0.781. The van der Waals surface area contributed by atoms with Crippen LogP contribution in [0, 0.1) is 0 Å². The van der Waals surface area contributed by atoms with Crippen molar-refractivity contribution in [2.45, 2.75) is 51.0 Å². The minimum absolute atomic E-state index is 0.240. The van der Waals surface area contributed by atoms with E-state index in [1.807, 2.05) is 0 Å². The van der Waals surface area contributed by atoms with E-state index >= 15 is 0 Å². The molecule has 2 N–H and O–H groups in total. The first-order valence-corrected chi connectivity index (χ1v) is 6.72. The molecule has 0 aliphatic heterocycles. The zero-order valence-corrected chi connectivity index (χ0v) is 10.8. The molecule has 1 heteroatoms. The van der Waals surface area contributed by atoms with Crippen LogP contribution in [0.15, 0.2) is 36.4 Å². The van der Waals surface area contributed by atoms with E-state index in [1.165, 1.54) is 36.0 Å². The average molecular weight is 229 g/mol. The third kappa shape index (κ3) is 2.78. The molecule has 92 valence electrons. The lowest BCUT2D eigenvalue weighted by Crippen LogP contribution is -2.31. The molecule has 1 aromatic carbocycles. The molecule has 1 aliphatic carbocycles. The van der Waals surface area contributed by atoms with E-state index in [0.717, 1.165) is 12.8 Å². The predicted octanol–water partition coefficient (Wildman–Crippen LogP) is 3.79. The standard InChI is InChI=1S/C16H23N/c1-3-12(2)11-16(17)15-10-6-8-13-7-4-5-9-14(13)15/h4-5,7,9,15-16H,2-3,6,8,10-11,17H2,1H3. The zero-order valence-electron chi connectivity index (χ0n) is 10.8. The molecule has 0 bridgehead atoms. The molecule has 0 fully saturated rings. The number of benzene rings is 1. The Kier molecular flexibility index (Phi) is 4.01. The molecular weight excluding hydrogens is 206 g/mol. The Morgan fingerprint density at radius 3 is 3.00 bits per heavy atom. The summed E-state index contributed by atoms with van der Waals surface area (Å²) in [6, 6.07) is 9.02. The molecule has 1 aromatic rings. The number of nitrogens with two attached hydrogens (primary N) is 1. The summed E-state index contributed by atoms with van der Waals surface area (Å²) in [7, 11) is 0. The SMILES string of the molecule is C=C(CC)CC(N)C1CCCc2ccccc21. The van der Waals surface area contributed by atoms with Crippen LogP contribution in [0.5, 0.6) is 0 Å². The lowest BCUT2D eigenvalue weighted by Gasteiger charge is -2.30. The van der Waals surface area contributed by atoms with E-state index in [4.69, 9.17) is 5.73 Å². The molecule has 2 unspecified atom stereocenters. The first-order valence-electron chi connectivity index (χ1n) is 6.72. The van der Waals surface area contributed by atoms with Gasteiger partial charge in [0.1, 0.15) is 0 Å². The highest BCUT2D eigenvalue weighted by Crippen LogP contribution is 2.34. The van der Waals surface area contributed by atoms with Crippen LogP contribution in [-0.2, 0) is 6.42 Å². The first kappa shape index (κ1) is 12.4. The largest absolute Gasteiger partial charge is 0.327 e. The Morgan fingerprint density at radius 1 is 1.47 bits per heavy atom. The van der Waals surface area contributed by atoms with Crippen molar-refractivity contribution in [3.05, 3.63) is 47.5 Å². The summed E-state index contributed by atoms with van der Waals surface area (Å²) in [6.45, 7) is 6.24. The van der Waals surface area contributed by atoms with Gasteiger partial charge in [-0.15, -0.1) is 0 Å². The highest BCUT2D eigenvalue weighted by molar-refractivity contribution is 5.34. The molecule has 17 heavy (non-hydrogen) atoms. The van der Waals surface area contributed by atoms with Crippen molar-refractivity contribution in [3.8, 4) is 0 Å². The topological polar surface area (TPSA) is 26.0 Å². The Labute approximate surface area is 105 Å². The van der Waals surface area contributed by atoms with Crippen LogP contribution < -0.4 is 5.73 Å². The maximum Gasteiger partial charge on any atom is 0.0145 e. The van der Waals surface area contributed by atoms with E-state index in [-0.39, 0.29) is 6.04 Å². The van der Waals surface area contributed by atoms with Gasteiger partial charge in [-0.1, -0.05) is 43.3 Å². The van der Waals surface area contributed by atoms with E-state index < -0.39 is 0 Å². The fourth-order valence-electron chi connectivity index (χ4n) is 2.86. The second-order valence-corrected chi connectivity index (χ2v) is 5.17. The van der Waals surface area contributed by atoms with Crippen molar-refractivity contribution in [3.63, 3.8) is 0 Å². The summed E-state index contributed by atoms with van der Waals surface area (Å²) in [5.41, 5.74) is 10.6. The van der Waals surface area contributed by atoms with Crippen LogP contribution in [0.2, 0.25) is 0 Å². The predicted molar refractivity (Wildman–Crippen MR) is 74.1 cm³/mol. The van der Waals surface area contributed by atoms with Crippen LogP contribution in [0.3, 0.4) is 0 Å². The molecule has 2 rings (SSSR count). The van der Waals surface area contributed by atoms with Crippen LogP contribution >= 0.6 is 0 Å². The Balaban J connectivity index is 2.15. The summed E-state index contributed by atoms with van der Waals surface area (Å²) in [6.07, 6.45) is 5.73. The van der Waals surface area contributed by atoms with Crippen LogP contribution in [-0.4, -0.2) is 6.04 Å². The molecular formula is C16H23N. The molecule has 0 amide bonds. The Hall–Kier alpha value is -1.08. The number of fused-ring (bicyclic) bond motifs is 1. The summed E-state index contributed by atoms with van der Waals surface area (Å²) >= 11 is 0. The van der Waals surface area contributed by atoms with Gasteiger partial charge in [-0.25, -0.2) is 0 Å². The average Bonchev–Trinajstić information content (AvgIpc) is 2.37. The maximum atomic E-state index is 6.38. The fourth-order valence-corrected chi connectivity index (χ4v) is 2.86. The second kappa shape index (κ2) is 5.50. The minimum Gasteiger partial charge on any atom is -0.327 e. The van der Waals surface area contributed by atoms with Gasteiger partial charge in [0, 0.05) is 6.04 Å². The second-order valence-electron chi connectivity index (χ2n) is 5.17. The number of aryl methyl sites for hydroxylation is 1. The molecule has 2 atom stereocenters. The molecule has 0 saturated carbocycles. The maximum absolute atomic E-state index is 6.38. The van der Waals surface area contributed by atoms with Gasteiger partial charge < -0.3 is 5.73 Å². The van der Waals surface area contributed by atoms with Crippen molar-refractivity contribution in [2.24, 2.45) is 5.73 Å². The lowest BCUT2D eigenvalue weighted by molar-refractivity contribution is 0.457. The Bertz CT molecular complexity index is 394. The molecule has 0 radical (unpaired) electrons. The summed E-state index contributed by atoms with van der Waals surface area (Å²) < 4.78 is 0. The normalized spacial score (nSPS) is 20.7. The summed E-state index contributed by atoms with van der Waals surface area (Å²) in [4.78, 5) is 0. The van der Waals surface area contributed by atoms with Gasteiger partial charge in [0.05, 0.1) is 0 Å².